The zero-order chi connectivity index (χ0) is 30.2. The van der Waals surface area contributed by atoms with E-state index in [9.17, 15) is 19.2 Å². The average Bonchev–Trinajstić information content (AvgIpc) is 3.30. The third-order valence-corrected chi connectivity index (χ3v) is 6.85. The molecule has 0 bridgehead atoms. The summed E-state index contributed by atoms with van der Waals surface area (Å²) in [7, 11) is 0. The molecule has 4 aromatic rings. The highest BCUT2D eigenvalue weighted by molar-refractivity contribution is 5.91. The van der Waals surface area contributed by atoms with Crippen molar-refractivity contribution in [3.63, 3.8) is 0 Å². The summed E-state index contributed by atoms with van der Waals surface area (Å²) < 4.78 is 29.1. The van der Waals surface area contributed by atoms with Crippen LogP contribution in [0.25, 0.3) is 0 Å². The highest BCUT2D eigenvalue weighted by atomic mass is 16.8. The molecule has 9 heteroatoms. The second-order valence-corrected chi connectivity index (χ2v) is 9.87. The van der Waals surface area contributed by atoms with Crippen molar-refractivity contribution in [3.8, 4) is 0 Å². The molecule has 1 unspecified atom stereocenters. The van der Waals surface area contributed by atoms with Crippen LogP contribution in [0, 0.1) is 0 Å². The average molecular weight is 581 g/mol. The maximum atomic E-state index is 13.3. The summed E-state index contributed by atoms with van der Waals surface area (Å²) >= 11 is 0. The van der Waals surface area contributed by atoms with Gasteiger partial charge in [-0.05, 0) is 55.5 Å². The van der Waals surface area contributed by atoms with E-state index in [0.29, 0.717) is 5.56 Å². The number of carbonyl (C=O) groups is 4. The van der Waals surface area contributed by atoms with E-state index in [4.69, 9.17) is 23.7 Å². The molecule has 218 valence electrons. The number of hydrogen-bond donors (Lipinski definition) is 0. The monoisotopic (exact) mass is 580 g/mol. The van der Waals surface area contributed by atoms with Crippen LogP contribution in [0.2, 0.25) is 0 Å². The number of carbonyl (C=O) groups excluding carboxylic acids is 4. The molecule has 4 atom stereocenters. The summed E-state index contributed by atoms with van der Waals surface area (Å²) in [6.45, 7) is 1.04. The fraction of sp³-hybridized carbons (Fsp3) is 0.176. The third-order valence-electron chi connectivity index (χ3n) is 6.85. The van der Waals surface area contributed by atoms with Gasteiger partial charge >= 0.3 is 23.9 Å². The van der Waals surface area contributed by atoms with Crippen LogP contribution in [0.15, 0.2) is 121 Å². The van der Waals surface area contributed by atoms with Gasteiger partial charge in [0.05, 0.1) is 22.3 Å². The van der Waals surface area contributed by atoms with Gasteiger partial charge in [0.25, 0.3) is 0 Å². The standard InChI is InChI=1S/C34H28O9/c1-34(43-32(38)26-20-12-5-13-21-26)28(41-30(36)24-16-8-3-9-17-24)27(22-39-29(35)23-14-6-2-7-15-23)40-33(34)42-31(37)25-18-10-4-11-19-25/h2-21,27-28,33H,22H2,1H3/t27-,28?,33+,34+/m1/s1. The summed E-state index contributed by atoms with van der Waals surface area (Å²) in [5.41, 5.74) is -0.901. The molecule has 0 radical (unpaired) electrons. The first kappa shape index (κ1) is 29.2. The van der Waals surface area contributed by atoms with E-state index >= 15 is 0 Å². The lowest BCUT2D eigenvalue weighted by Gasteiger charge is -2.33. The van der Waals surface area contributed by atoms with Gasteiger partial charge < -0.3 is 23.7 Å². The molecule has 9 nitrogen and oxygen atoms in total. The summed E-state index contributed by atoms with van der Waals surface area (Å²) in [5.74, 6) is -2.92. The molecular formula is C34H28O9. The highest BCUT2D eigenvalue weighted by Gasteiger charge is 2.61. The topological polar surface area (TPSA) is 114 Å². The first-order valence-corrected chi connectivity index (χ1v) is 13.5. The molecule has 0 aromatic heterocycles. The van der Waals surface area contributed by atoms with Gasteiger partial charge in [-0.15, -0.1) is 0 Å². The summed E-state index contributed by atoms with van der Waals surface area (Å²) in [5, 5.41) is 0. The van der Waals surface area contributed by atoms with Gasteiger partial charge in [-0.1, -0.05) is 72.8 Å². The van der Waals surface area contributed by atoms with E-state index < -0.39 is 54.6 Å². The SMILES string of the molecule is C[C@]1(OC(=O)c2ccccc2)C(OC(=O)c2ccccc2)[C@@H](COC(=O)c2ccccc2)O[C@H]1OC(=O)c1ccccc1. The van der Waals surface area contributed by atoms with Crippen LogP contribution in [0.3, 0.4) is 0 Å². The largest absolute Gasteiger partial charge is 0.459 e. The molecule has 5 rings (SSSR count). The van der Waals surface area contributed by atoms with E-state index in [1.165, 1.54) is 6.92 Å². The first-order valence-electron chi connectivity index (χ1n) is 13.5. The molecule has 1 saturated heterocycles. The summed E-state index contributed by atoms with van der Waals surface area (Å²) in [6.07, 6.45) is -4.07. The number of ether oxygens (including phenoxy) is 5. The van der Waals surface area contributed by atoms with Crippen molar-refractivity contribution in [2.45, 2.75) is 31.0 Å². The Balaban J connectivity index is 1.48. The lowest BCUT2D eigenvalue weighted by Crippen LogP contribution is -2.53. The lowest BCUT2D eigenvalue weighted by atomic mass is 9.96. The van der Waals surface area contributed by atoms with Gasteiger partial charge in [0, 0.05) is 0 Å². The minimum absolute atomic E-state index is 0.212. The number of esters is 4. The van der Waals surface area contributed by atoms with E-state index in [1.54, 1.807) is 121 Å². The molecule has 4 aromatic carbocycles. The van der Waals surface area contributed by atoms with Gasteiger partial charge in [0.1, 0.15) is 12.7 Å². The van der Waals surface area contributed by atoms with Crippen molar-refractivity contribution in [2.75, 3.05) is 6.61 Å². The Morgan fingerprint density at radius 1 is 0.581 bits per heavy atom. The minimum Gasteiger partial charge on any atom is -0.459 e. The van der Waals surface area contributed by atoms with Crippen LogP contribution in [0.5, 0.6) is 0 Å². The Morgan fingerprint density at radius 3 is 1.44 bits per heavy atom. The predicted octanol–water partition coefficient (Wildman–Crippen LogP) is 5.27. The molecule has 0 aliphatic carbocycles. The van der Waals surface area contributed by atoms with E-state index in [2.05, 4.69) is 0 Å². The molecule has 0 N–H and O–H groups in total. The Kier molecular flexibility index (Phi) is 8.93. The molecule has 1 heterocycles. The molecule has 43 heavy (non-hydrogen) atoms. The third kappa shape index (κ3) is 6.79. The van der Waals surface area contributed by atoms with E-state index in [-0.39, 0.29) is 16.7 Å². The van der Waals surface area contributed by atoms with Crippen molar-refractivity contribution in [1.29, 1.82) is 0 Å². The van der Waals surface area contributed by atoms with Gasteiger partial charge in [0.2, 0.25) is 11.9 Å². The number of hydrogen-bond acceptors (Lipinski definition) is 9. The Morgan fingerprint density at radius 2 is 0.977 bits per heavy atom. The lowest BCUT2D eigenvalue weighted by molar-refractivity contribution is -0.175. The van der Waals surface area contributed by atoms with Crippen LogP contribution in [0.4, 0.5) is 0 Å². The van der Waals surface area contributed by atoms with Crippen molar-refractivity contribution in [1.82, 2.24) is 0 Å². The van der Waals surface area contributed by atoms with Gasteiger partial charge in [0.15, 0.2) is 6.10 Å². The van der Waals surface area contributed by atoms with E-state index in [1.807, 2.05) is 0 Å². The molecule has 0 amide bonds. The van der Waals surface area contributed by atoms with Crippen molar-refractivity contribution < 1.29 is 42.9 Å². The van der Waals surface area contributed by atoms with Crippen molar-refractivity contribution in [2.24, 2.45) is 0 Å². The smallest absolute Gasteiger partial charge is 0.340 e. The second-order valence-electron chi connectivity index (χ2n) is 9.87. The van der Waals surface area contributed by atoms with Crippen LogP contribution in [-0.4, -0.2) is 54.6 Å². The molecule has 1 aliphatic heterocycles. The maximum absolute atomic E-state index is 13.3. The van der Waals surface area contributed by atoms with Crippen molar-refractivity contribution in [3.05, 3.63) is 144 Å². The second kappa shape index (κ2) is 13.1. The summed E-state index contributed by atoms with van der Waals surface area (Å²) in [4.78, 5) is 52.5. The number of rotatable bonds is 9. The molecule has 0 saturated carbocycles. The maximum Gasteiger partial charge on any atom is 0.340 e. The quantitative estimate of drug-likeness (QED) is 0.193. The first-order chi connectivity index (χ1) is 20.8. The van der Waals surface area contributed by atoms with Crippen LogP contribution >= 0.6 is 0 Å². The molecule has 0 spiro atoms. The normalized spacial score (nSPS) is 20.9. The van der Waals surface area contributed by atoms with Gasteiger partial charge in [-0.2, -0.15) is 0 Å². The van der Waals surface area contributed by atoms with Crippen molar-refractivity contribution >= 4 is 23.9 Å². The molecule has 1 fully saturated rings. The fourth-order valence-electron chi connectivity index (χ4n) is 4.58. The van der Waals surface area contributed by atoms with Gasteiger partial charge in [-0.25, -0.2) is 19.2 Å². The zero-order valence-electron chi connectivity index (χ0n) is 23.2. The Labute approximate surface area is 247 Å². The Hall–Kier alpha value is -5.28. The van der Waals surface area contributed by atoms with Gasteiger partial charge in [-0.3, -0.25) is 0 Å². The minimum atomic E-state index is -1.86. The fourth-order valence-corrected chi connectivity index (χ4v) is 4.58. The molecular weight excluding hydrogens is 552 g/mol. The molecule has 1 aliphatic rings. The van der Waals surface area contributed by atoms with Crippen LogP contribution < -0.4 is 0 Å². The van der Waals surface area contributed by atoms with Crippen LogP contribution in [-0.2, 0) is 23.7 Å². The van der Waals surface area contributed by atoms with E-state index in [0.717, 1.165) is 0 Å². The predicted molar refractivity (Wildman–Crippen MR) is 153 cm³/mol. The van der Waals surface area contributed by atoms with Crippen LogP contribution in [0.1, 0.15) is 48.4 Å². The highest BCUT2D eigenvalue weighted by Crippen LogP contribution is 2.39. The zero-order valence-corrected chi connectivity index (χ0v) is 23.2. The summed E-state index contributed by atoms with van der Waals surface area (Å²) in [6, 6.07) is 32.8. The Bertz CT molecular complexity index is 1560. The number of benzene rings is 4.